The number of rotatable bonds is 6. The van der Waals surface area contributed by atoms with E-state index >= 15 is 4.39 Å². The number of fused-ring (bicyclic) bond motifs is 3. The van der Waals surface area contributed by atoms with Crippen LogP contribution in [0.15, 0.2) is 53.5 Å². The van der Waals surface area contributed by atoms with Gasteiger partial charge in [0.1, 0.15) is 17.6 Å². The second-order valence-electron chi connectivity index (χ2n) is 10.5. The number of amides is 2. The van der Waals surface area contributed by atoms with Gasteiger partial charge in [0, 0.05) is 41.5 Å². The summed E-state index contributed by atoms with van der Waals surface area (Å²) >= 11 is 6.13. The minimum Gasteiger partial charge on any atom is -0.491 e. The van der Waals surface area contributed by atoms with Gasteiger partial charge in [0.05, 0.1) is 23.9 Å². The van der Waals surface area contributed by atoms with Gasteiger partial charge >= 0.3 is 0 Å². The zero-order valence-electron chi connectivity index (χ0n) is 22.1. The Hall–Kier alpha value is -3.69. The number of aromatic nitrogens is 1. The number of carbonyl (C=O) groups is 2. The third-order valence-corrected chi connectivity index (χ3v) is 7.71. The van der Waals surface area contributed by atoms with Gasteiger partial charge in [-0.2, -0.15) is 0 Å². The number of nitrogens with one attached hydrogen (secondary N) is 1. The molecule has 1 aromatic heterocycles. The normalized spacial score (nSPS) is 19.3. The fourth-order valence-corrected chi connectivity index (χ4v) is 5.49. The molecule has 1 unspecified atom stereocenters. The molecule has 210 valence electrons. The third-order valence-electron chi connectivity index (χ3n) is 7.42. The number of carbonyl (C=O) groups excluding carboxylic acids is 2. The van der Waals surface area contributed by atoms with Crippen LogP contribution in [0.3, 0.4) is 0 Å². The number of nitrogens with two attached hydrogens (primary N) is 1. The maximum absolute atomic E-state index is 15.3. The highest BCUT2D eigenvalue weighted by Crippen LogP contribution is 2.39. The molecule has 0 spiro atoms. The lowest BCUT2D eigenvalue weighted by Gasteiger charge is -2.29. The first-order chi connectivity index (χ1) is 19.2. The molecule has 3 atom stereocenters. The minimum absolute atomic E-state index is 0.0452. The fourth-order valence-electron chi connectivity index (χ4n) is 5.33. The molecule has 40 heavy (non-hydrogen) atoms. The lowest BCUT2D eigenvalue weighted by molar-refractivity contribution is -0.121. The monoisotopic (exact) mass is 567 g/mol. The second kappa shape index (κ2) is 11.8. The van der Waals surface area contributed by atoms with Crippen molar-refractivity contribution in [3.63, 3.8) is 0 Å². The summed E-state index contributed by atoms with van der Waals surface area (Å²) in [4.78, 5) is 38.7. The Morgan fingerprint density at radius 2 is 1.98 bits per heavy atom. The van der Waals surface area contributed by atoms with Crippen molar-refractivity contribution in [1.82, 2.24) is 4.57 Å². The van der Waals surface area contributed by atoms with Crippen molar-refractivity contribution in [2.75, 3.05) is 18.5 Å². The average molecular weight is 568 g/mol. The summed E-state index contributed by atoms with van der Waals surface area (Å²) in [6, 6.07) is 9.85. The summed E-state index contributed by atoms with van der Waals surface area (Å²) in [6.07, 6.45) is 4.77. The maximum Gasteiger partial charge on any atom is 0.252 e. The van der Waals surface area contributed by atoms with E-state index in [1.165, 1.54) is 35.0 Å². The molecule has 0 saturated carbocycles. The van der Waals surface area contributed by atoms with Gasteiger partial charge in [-0.05, 0) is 67.5 Å². The first-order valence-electron chi connectivity index (χ1n) is 13.4. The molecular weight excluding hydrogens is 537 g/mol. The van der Waals surface area contributed by atoms with Gasteiger partial charge in [0.2, 0.25) is 11.8 Å². The number of benzene rings is 2. The third kappa shape index (κ3) is 5.90. The van der Waals surface area contributed by atoms with Crippen molar-refractivity contribution in [3.05, 3.63) is 81.0 Å². The Balaban J connectivity index is 1.56. The Kier molecular flexibility index (Phi) is 8.23. The van der Waals surface area contributed by atoms with Crippen molar-refractivity contribution in [2.24, 2.45) is 11.7 Å². The van der Waals surface area contributed by atoms with Crippen molar-refractivity contribution in [2.45, 2.75) is 51.2 Å². The smallest absolute Gasteiger partial charge is 0.252 e. The van der Waals surface area contributed by atoms with Crippen LogP contribution in [0.25, 0.3) is 11.1 Å². The van der Waals surface area contributed by atoms with Crippen LogP contribution in [-0.4, -0.2) is 35.7 Å². The summed E-state index contributed by atoms with van der Waals surface area (Å²) in [5, 5.41) is 2.80. The topological polar surface area (TPSA) is 113 Å². The van der Waals surface area contributed by atoms with Gasteiger partial charge in [0.15, 0.2) is 0 Å². The maximum atomic E-state index is 15.3. The molecule has 2 aliphatic rings. The van der Waals surface area contributed by atoms with Crippen LogP contribution in [0.2, 0.25) is 5.02 Å². The molecule has 3 aromatic rings. The highest BCUT2D eigenvalue weighted by molar-refractivity contribution is 6.31. The lowest BCUT2D eigenvalue weighted by atomic mass is 9.91. The quantitative estimate of drug-likeness (QED) is 0.429. The molecule has 0 aliphatic carbocycles. The highest BCUT2D eigenvalue weighted by Gasteiger charge is 2.30. The van der Waals surface area contributed by atoms with E-state index in [1.807, 2.05) is 6.92 Å². The minimum atomic E-state index is -0.938. The van der Waals surface area contributed by atoms with E-state index in [1.54, 1.807) is 18.2 Å². The van der Waals surface area contributed by atoms with Crippen LogP contribution in [-0.2, 0) is 16.0 Å². The van der Waals surface area contributed by atoms with Crippen LogP contribution in [0.5, 0.6) is 5.75 Å². The van der Waals surface area contributed by atoms with Crippen molar-refractivity contribution < 1.29 is 23.5 Å². The van der Waals surface area contributed by atoms with Crippen LogP contribution in [0, 0.1) is 11.7 Å². The number of ether oxygens (including phenoxy) is 2. The molecule has 1 saturated heterocycles. The summed E-state index contributed by atoms with van der Waals surface area (Å²) in [7, 11) is 0. The van der Waals surface area contributed by atoms with Gasteiger partial charge in [-0.1, -0.05) is 24.6 Å². The van der Waals surface area contributed by atoms with Gasteiger partial charge < -0.3 is 20.5 Å². The van der Waals surface area contributed by atoms with E-state index in [0.29, 0.717) is 42.2 Å². The molecule has 2 amide bonds. The molecule has 2 aliphatic heterocycles. The standard InChI is InChI=1S/C30H31ClFN3O5/c1-17-12-19-7-10-23(31)28(32)27(19)22-14-26(36)35(15-25(22)40-16-17)24(13-21-4-2-3-11-39-21)30(38)34-20-8-5-18(6-9-20)29(33)37/h5-10,14-15,17,21,24H,2-4,11-13,16H2,1H3,(H2,33,37)(H,34,38)/t17?,21-,24-/m0/s1. The number of anilines is 1. The van der Waals surface area contributed by atoms with Crippen LogP contribution in [0.1, 0.15) is 54.6 Å². The predicted molar refractivity (Wildman–Crippen MR) is 150 cm³/mol. The Bertz CT molecular complexity index is 1480. The highest BCUT2D eigenvalue weighted by atomic mass is 35.5. The van der Waals surface area contributed by atoms with Crippen molar-refractivity contribution in [3.8, 4) is 16.9 Å². The molecule has 0 bridgehead atoms. The Labute approximate surface area is 236 Å². The van der Waals surface area contributed by atoms with E-state index in [4.69, 9.17) is 26.8 Å². The number of primary amides is 1. The number of halogens is 2. The molecular formula is C30H31ClFN3O5. The number of nitrogens with zero attached hydrogens (tertiary/aromatic N) is 1. The first kappa shape index (κ1) is 27.9. The number of hydrogen-bond donors (Lipinski definition) is 2. The van der Waals surface area contributed by atoms with Gasteiger partial charge in [-0.15, -0.1) is 0 Å². The molecule has 0 radical (unpaired) electrons. The summed E-state index contributed by atoms with van der Waals surface area (Å²) < 4.78 is 28.7. The average Bonchev–Trinajstić information content (AvgIpc) is 2.93. The zero-order chi connectivity index (χ0) is 28.4. The molecule has 10 heteroatoms. The van der Waals surface area contributed by atoms with Crippen LogP contribution < -0.4 is 21.3 Å². The van der Waals surface area contributed by atoms with Crippen LogP contribution in [0.4, 0.5) is 10.1 Å². The zero-order valence-corrected chi connectivity index (χ0v) is 22.9. The second-order valence-corrected chi connectivity index (χ2v) is 10.9. The molecule has 1 fully saturated rings. The number of hydrogen-bond acceptors (Lipinski definition) is 5. The van der Waals surface area contributed by atoms with Gasteiger partial charge in [-0.25, -0.2) is 4.39 Å². The SMILES string of the molecule is CC1COc2cn([C@@H](C[C@@H]3CCCCO3)C(=O)Nc3ccc(C(N)=O)cc3)c(=O)cc2-c2c(ccc(Cl)c2F)C1. The summed E-state index contributed by atoms with van der Waals surface area (Å²) in [6.45, 7) is 2.94. The van der Waals surface area contributed by atoms with Crippen molar-refractivity contribution in [1.29, 1.82) is 0 Å². The van der Waals surface area contributed by atoms with Crippen molar-refractivity contribution >= 4 is 29.1 Å². The molecule has 5 rings (SSSR count). The first-order valence-corrected chi connectivity index (χ1v) is 13.8. The lowest BCUT2D eigenvalue weighted by Crippen LogP contribution is -2.36. The summed E-state index contributed by atoms with van der Waals surface area (Å²) in [5.74, 6) is -1.25. The summed E-state index contributed by atoms with van der Waals surface area (Å²) in [5.41, 5.74) is 6.87. The predicted octanol–water partition coefficient (Wildman–Crippen LogP) is 5.12. The fraction of sp³-hybridized carbons (Fsp3) is 0.367. The van der Waals surface area contributed by atoms with Crippen LogP contribution >= 0.6 is 11.6 Å². The number of pyridine rings is 1. The molecule has 2 aromatic carbocycles. The molecule has 3 heterocycles. The Morgan fingerprint density at radius 3 is 2.67 bits per heavy atom. The largest absolute Gasteiger partial charge is 0.491 e. The van der Waals surface area contributed by atoms with E-state index in [0.717, 1.165) is 24.8 Å². The molecule has 3 N–H and O–H groups in total. The van der Waals surface area contributed by atoms with Gasteiger partial charge in [-0.3, -0.25) is 19.0 Å². The molecule has 8 nitrogen and oxygen atoms in total. The van der Waals surface area contributed by atoms with E-state index in [2.05, 4.69) is 5.32 Å². The van der Waals surface area contributed by atoms with Gasteiger partial charge in [0.25, 0.3) is 5.56 Å². The van der Waals surface area contributed by atoms with E-state index < -0.39 is 29.2 Å². The van der Waals surface area contributed by atoms with E-state index in [9.17, 15) is 14.4 Å². The van der Waals surface area contributed by atoms with E-state index in [-0.39, 0.29) is 29.0 Å². The Morgan fingerprint density at radius 1 is 1.20 bits per heavy atom.